The zero-order chi connectivity index (χ0) is 14.8. The van der Waals surface area contributed by atoms with Gasteiger partial charge in [0.25, 0.3) is 0 Å². The molecule has 0 bridgehead atoms. The first-order valence-corrected chi connectivity index (χ1v) is 7.09. The topological polar surface area (TPSA) is 66.0 Å². The van der Waals surface area contributed by atoms with Gasteiger partial charge in [-0.3, -0.25) is 4.79 Å². The van der Waals surface area contributed by atoms with E-state index in [9.17, 15) is 4.79 Å². The van der Waals surface area contributed by atoms with Gasteiger partial charge in [-0.1, -0.05) is 0 Å². The van der Waals surface area contributed by atoms with Gasteiger partial charge in [-0.05, 0) is 18.2 Å². The van der Waals surface area contributed by atoms with Crippen LogP contribution < -0.4 is 10.1 Å². The molecule has 21 heavy (non-hydrogen) atoms. The van der Waals surface area contributed by atoms with Gasteiger partial charge in [-0.2, -0.15) is 0 Å². The summed E-state index contributed by atoms with van der Waals surface area (Å²) in [5.41, 5.74) is 1.43. The van der Waals surface area contributed by atoms with E-state index in [0.717, 1.165) is 12.0 Å². The van der Waals surface area contributed by atoms with Gasteiger partial charge in [-0.25, -0.2) is 0 Å². The molecule has 0 unspecified atom stereocenters. The van der Waals surface area contributed by atoms with E-state index in [4.69, 9.17) is 18.9 Å². The monoisotopic (exact) mass is 295 g/mol. The Bertz CT molecular complexity index is 438. The predicted octanol–water partition coefficient (Wildman–Crippen LogP) is 1.35. The van der Waals surface area contributed by atoms with Gasteiger partial charge in [0.15, 0.2) is 0 Å². The van der Waals surface area contributed by atoms with E-state index in [2.05, 4.69) is 5.32 Å². The van der Waals surface area contributed by atoms with Crippen molar-refractivity contribution < 1.29 is 23.7 Å². The van der Waals surface area contributed by atoms with Crippen LogP contribution in [0.3, 0.4) is 0 Å². The summed E-state index contributed by atoms with van der Waals surface area (Å²) in [5.74, 6) is 0.648. The zero-order valence-corrected chi connectivity index (χ0v) is 12.0. The first-order valence-electron chi connectivity index (χ1n) is 7.09. The van der Waals surface area contributed by atoms with E-state index < -0.39 is 0 Å². The van der Waals surface area contributed by atoms with Gasteiger partial charge in [0.05, 0.1) is 45.3 Å². The van der Waals surface area contributed by atoms with Crippen LogP contribution in [-0.4, -0.2) is 59.1 Å². The number of benzene rings is 1. The second-order valence-electron chi connectivity index (χ2n) is 4.49. The molecule has 1 N–H and O–H groups in total. The summed E-state index contributed by atoms with van der Waals surface area (Å²) in [7, 11) is 0. The molecule has 1 heterocycles. The van der Waals surface area contributed by atoms with Crippen LogP contribution in [0.25, 0.3) is 0 Å². The van der Waals surface area contributed by atoms with Crippen molar-refractivity contribution in [2.75, 3.05) is 58.1 Å². The lowest BCUT2D eigenvalue weighted by molar-refractivity contribution is 0.0114. The Morgan fingerprint density at radius 2 is 1.57 bits per heavy atom. The largest absolute Gasteiger partial charge is 0.489 e. The summed E-state index contributed by atoms with van der Waals surface area (Å²) in [5, 5.41) is 3.24. The predicted molar refractivity (Wildman–Crippen MR) is 78.3 cm³/mol. The highest BCUT2D eigenvalue weighted by atomic mass is 16.6. The molecule has 0 aliphatic carbocycles. The maximum atomic E-state index is 10.9. The Morgan fingerprint density at radius 1 is 0.905 bits per heavy atom. The lowest BCUT2D eigenvalue weighted by atomic mass is 10.2. The minimum absolute atomic E-state index is 0.424. The van der Waals surface area contributed by atoms with Crippen molar-refractivity contribution in [3.05, 3.63) is 23.8 Å². The number of hydrogen-bond acceptors (Lipinski definition) is 6. The first-order chi connectivity index (χ1) is 10.4. The molecule has 1 aliphatic rings. The number of rotatable bonds is 1. The van der Waals surface area contributed by atoms with Gasteiger partial charge in [0.2, 0.25) is 0 Å². The first kappa shape index (κ1) is 15.8. The smallest absolute Gasteiger partial charge is 0.150 e. The number of aldehydes is 1. The molecule has 0 aromatic heterocycles. The van der Waals surface area contributed by atoms with Crippen LogP contribution >= 0.6 is 0 Å². The number of carbonyl (C=O) groups excluding carboxylic acids is 1. The maximum Gasteiger partial charge on any atom is 0.150 e. The van der Waals surface area contributed by atoms with Gasteiger partial charge >= 0.3 is 0 Å². The zero-order valence-electron chi connectivity index (χ0n) is 12.0. The molecular formula is C15H21NO5. The van der Waals surface area contributed by atoms with E-state index in [-0.39, 0.29) is 0 Å². The SMILES string of the molecule is O=Cc1ccc2c(c1)OCCOCCOCCOCCN2. The fourth-order valence-corrected chi connectivity index (χ4v) is 1.89. The van der Waals surface area contributed by atoms with Crippen molar-refractivity contribution in [3.63, 3.8) is 0 Å². The molecular weight excluding hydrogens is 274 g/mol. The van der Waals surface area contributed by atoms with Gasteiger partial charge < -0.3 is 24.3 Å². The van der Waals surface area contributed by atoms with E-state index in [1.54, 1.807) is 12.1 Å². The molecule has 1 aromatic carbocycles. The van der Waals surface area contributed by atoms with Crippen LogP contribution in [0.15, 0.2) is 18.2 Å². The van der Waals surface area contributed by atoms with E-state index in [1.807, 2.05) is 6.07 Å². The lowest BCUT2D eigenvalue weighted by Gasteiger charge is -2.13. The molecule has 2 rings (SSSR count). The number of fused-ring (bicyclic) bond motifs is 1. The van der Waals surface area contributed by atoms with E-state index in [1.165, 1.54) is 0 Å². The van der Waals surface area contributed by atoms with E-state index in [0.29, 0.717) is 64.1 Å². The van der Waals surface area contributed by atoms with Crippen molar-refractivity contribution in [3.8, 4) is 5.75 Å². The van der Waals surface area contributed by atoms with Crippen LogP contribution in [-0.2, 0) is 14.2 Å². The third-order valence-electron chi connectivity index (χ3n) is 2.93. The minimum atomic E-state index is 0.424. The molecule has 0 fully saturated rings. The number of ether oxygens (including phenoxy) is 4. The second kappa shape index (κ2) is 9.33. The van der Waals surface area contributed by atoms with E-state index >= 15 is 0 Å². The van der Waals surface area contributed by atoms with Crippen LogP contribution in [0.2, 0.25) is 0 Å². The molecule has 116 valence electrons. The fraction of sp³-hybridized carbons (Fsp3) is 0.533. The van der Waals surface area contributed by atoms with Crippen LogP contribution in [0.5, 0.6) is 5.75 Å². The van der Waals surface area contributed by atoms with Gasteiger partial charge in [0.1, 0.15) is 18.6 Å². The van der Waals surface area contributed by atoms with Crippen LogP contribution in [0.1, 0.15) is 10.4 Å². The Kier molecular flexibility index (Phi) is 7.00. The molecule has 6 heteroatoms. The normalized spacial score (nSPS) is 18.3. The standard InChI is InChI=1S/C15H21NO5/c17-12-13-1-2-14-15(11-13)21-10-9-20-8-7-19-6-5-18-4-3-16-14/h1-2,11-12,16H,3-10H2. The lowest BCUT2D eigenvalue weighted by Crippen LogP contribution is -2.13. The van der Waals surface area contributed by atoms with Gasteiger partial charge in [-0.15, -0.1) is 0 Å². The van der Waals surface area contributed by atoms with Crippen LogP contribution in [0, 0.1) is 0 Å². The highest BCUT2D eigenvalue weighted by Gasteiger charge is 2.06. The second-order valence-corrected chi connectivity index (χ2v) is 4.49. The van der Waals surface area contributed by atoms with Gasteiger partial charge in [0, 0.05) is 12.1 Å². The Balaban J connectivity index is 1.98. The highest BCUT2D eigenvalue weighted by Crippen LogP contribution is 2.25. The fourth-order valence-electron chi connectivity index (χ4n) is 1.89. The Morgan fingerprint density at radius 3 is 2.29 bits per heavy atom. The summed E-state index contributed by atoms with van der Waals surface area (Å²) in [6, 6.07) is 5.31. The molecule has 6 nitrogen and oxygen atoms in total. The summed E-state index contributed by atoms with van der Waals surface area (Å²) in [4.78, 5) is 10.9. The molecule has 0 radical (unpaired) electrons. The molecule has 0 spiro atoms. The van der Waals surface area contributed by atoms with Crippen molar-refractivity contribution in [1.82, 2.24) is 0 Å². The average molecular weight is 295 g/mol. The Hall–Kier alpha value is -1.63. The molecule has 0 saturated carbocycles. The van der Waals surface area contributed by atoms with Crippen molar-refractivity contribution >= 4 is 12.0 Å². The van der Waals surface area contributed by atoms with Crippen molar-refractivity contribution in [2.45, 2.75) is 0 Å². The number of anilines is 1. The highest BCUT2D eigenvalue weighted by molar-refractivity contribution is 5.78. The Labute approximate surface area is 124 Å². The summed E-state index contributed by atoms with van der Waals surface area (Å²) < 4.78 is 21.9. The summed E-state index contributed by atoms with van der Waals surface area (Å²) >= 11 is 0. The molecule has 0 amide bonds. The third kappa shape index (κ3) is 5.71. The minimum Gasteiger partial charge on any atom is -0.489 e. The molecule has 0 atom stereocenters. The maximum absolute atomic E-state index is 10.9. The van der Waals surface area contributed by atoms with Crippen LogP contribution in [0.4, 0.5) is 5.69 Å². The van der Waals surface area contributed by atoms with Crippen molar-refractivity contribution in [1.29, 1.82) is 0 Å². The molecule has 1 aliphatic heterocycles. The average Bonchev–Trinajstić information content (AvgIpc) is 2.52. The number of carbonyl (C=O) groups is 1. The third-order valence-corrected chi connectivity index (χ3v) is 2.93. The number of nitrogens with one attached hydrogen (secondary N) is 1. The quantitative estimate of drug-likeness (QED) is 0.789. The molecule has 1 aromatic rings. The molecule has 0 saturated heterocycles. The van der Waals surface area contributed by atoms with Crippen molar-refractivity contribution in [2.24, 2.45) is 0 Å². The number of hydrogen-bond donors (Lipinski definition) is 1. The summed E-state index contributed by atoms with van der Waals surface area (Å²) in [6.07, 6.45) is 0.802. The summed E-state index contributed by atoms with van der Waals surface area (Å²) in [6.45, 7) is 4.35.